The minimum absolute atomic E-state index is 1.23. The summed E-state index contributed by atoms with van der Waals surface area (Å²) in [7, 11) is 0. The minimum Gasteiger partial charge on any atom is -0.324 e. The summed E-state index contributed by atoms with van der Waals surface area (Å²) in [6.45, 7) is 2.28. The van der Waals surface area contributed by atoms with E-state index in [2.05, 4.69) is 12.3 Å². The number of rotatable bonds is 7. The SMILES string of the molecule is CCCCCCC(=C1CCCC1)C(NN)=C1CCCC1. The molecule has 3 N–H and O–H groups in total. The van der Waals surface area contributed by atoms with Gasteiger partial charge in [0.05, 0.1) is 5.70 Å². The standard InChI is InChI=1S/C18H32N2/c1-2-3-4-5-14-17(15-10-6-7-11-15)18(20-19)16-12-8-9-13-16/h20H,2-14,19H2,1H3. The molecular weight excluding hydrogens is 244 g/mol. The van der Waals surface area contributed by atoms with Gasteiger partial charge in [0.15, 0.2) is 0 Å². The lowest BCUT2D eigenvalue weighted by molar-refractivity contribution is 0.655. The third-order valence-corrected chi connectivity index (χ3v) is 4.92. The molecule has 0 heterocycles. The predicted molar refractivity (Wildman–Crippen MR) is 87.1 cm³/mol. The van der Waals surface area contributed by atoms with E-state index in [0.717, 1.165) is 0 Å². The molecule has 0 amide bonds. The van der Waals surface area contributed by atoms with E-state index in [1.807, 2.05) is 0 Å². The molecule has 0 aromatic carbocycles. The third-order valence-electron chi connectivity index (χ3n) is 4.92. The molecule has 0 unspecified atom stereocenters. The molecule has 0 atom stereocenters. The van der Waals surface area contributed by atoms with E-state index in [1.54, 1.807) is 16.7 Å². The Morgan fingerprint density at radius 3 is 2.05 bits per heavy atom. The molecule has 0 radical (unpaired) electrons. The van der Waals surface area contributed by atoms with Crippen molar-refractivity contribution in [2.24, 2.45) is 5.84 Å². The number of hydrazine groups is 1. The number of unbranched alkanes of at least 4 members (excludes halogenated alkanes) is 3. The second kappa shape index (κ2) is 8.51. The van der Waals surface area contributed by atoms with Crippen LogP contribution in [0.15, 0.2) is 22.4 Å². The Hall–Kier alpha value is -0.760. The lowest BCUT2D eigenvalue weighted by Crippen LogP contribution is -2.24. The quantitative estimate of drug-likeness (QED) is 0.385. The summed E-state index contributed by atoms with van der Waals surface area (Å²) in [5, 5.41) is 0. The molecule has 0 aromatic heterocycles. The van der Waals surface area contributed by atoms with Crippen LogP contribution >= 0.6 is 0 Å². The van der Waals surface area contributed by atoms with Gasteiger partial charge in [-0.25, -0.2) is 0 Å². The first-order chi connectivity index (χ1) is 9.86. The largest absolute Gasteiger partial charge is 0.324 e. The Morgan fingerprint density at radius 1 is 0.900 bits per heavy atom. The van der Waals surface area contributed by atoms with Crippen molar-refractivity contribution in [2.45, 2.75) is 90.4 Å². The Kier molecular flexibility index (Phi) is 6.65. The number of nitrogens with two attached hydrogens (primary N) is 1. The highest BCUT2D eigenvalue weighted by Crippen LogP contribution is 2.36. The number of hydrogen-bond donors (Lipinski definition) is 2. The minimum atomic E-state index is 1.23. The fourth-order valence-electron chi connectivity index (χ4n) is 3.77. The van der Waals surface area contributed by atoms with Crippen LogP contribution in [-0.4, -0.2) is 0 Å². The highest BCUT2D eigenvalue weighted by atomic mass is 15.2. The van der Waals surface area contributed by atoms with Crippen molar-refractivity contribution in [3.05, 3.63) is 22.4 Å². The molecule has 2 aliphatic carbocycles. The van der Waals surface area contributed by atoms with Crippen LogP contribution in [0.5, 0.6) is 0 Å². The lowest BCUT2D eigenvalue weighted by atomic mass is 9.94. The predicted octanol–water partition coefficient (Wildman–Crippen LogP) is 5.12. The highest BCUT2D eigenvalue weighted by Gasteiger charge is 2.20. The molecule has 2 aliphatic rings. The van der Waals surface area contributed by atoms with Gasteiger partial charge in [-0.1, -0.05) is 31.8 Å². The zero-order valence-corrected chi connectivity index (χ0v) is 13.3. The molecule has 114 valence electrons. The van der Waals surface area contributed by atoms with Crippen molar-refractivity contribution < 1.29 is 0 Å². The summed E-state index contributed by atoms with van der Waals surface area (Å²) in [5.41, 5.74) is 9.31. The van der Waals surface area contributed by atoms with E-state index in [4.69, 9.17) is 5.84 Å². The third kappa shape index (κ3) is 4.12. The van der Waals surface area contributed by atoms with Crippen LogP contribution in [0, 0.1) is 0 Å². The first-order valence-electron chi connectivity index (χ1n) is 8.76. The molecular formula is C18H32N2. The van der Waals surface area contributed by atoms with E-state index >= 15 is 0 Å². The molecule has 0 saturated heterocycles. The maximum Gasteiger partial charge on any atom is 0.0508 e. The van der Waals surface area contributed by atoms with Gasteiger partial charge in [0.1, 0.15) is 0 Å². The van der Waals surface area contributed by atoms with Crippen molar-refractivity contribution in [2.75, 3.05) is 0 Å². The summed E-state index contributed by atoms with van der Waals surface area (Å²) >= 11 is 0. The van der Waals surface area contributed by atoms with Gasteiger partial charge >= 0.3 is 0 Å². The Labute approximate surface area is 124 Å². The first-order valence-corrected chi connectivity index (χ1v) is 8.76. The summed E-state index contributed by atoms with van der Waals surface area (Å²) < 4.78 is 0. The Bertz CT molecular complexity index is 350. The van der Waals surface area contributed by atoms with Crippen LogP contribution in [0.3, 0.4) is 0 Å². The molecule has 0 aliphatic heterocycles. The monoisotopic (exact) mass is 276 g/mol. The van der Waals surface area contributed by atoms with Crippen molar-refractivity contribution in [3.8, 4) is 0 Å². The summed E-state index contributed by atoms with van der Waals surface area (Å²) in [4.78, 5) is 0. The fraction of sp³-hybridized carbons (Fsp3) is 0.778. The van der Waals surface area contributed by atoms with Gasteiger partial charge in [0.2, 0.25) is 0 Å². The van der Waals surface area contributed by atoms with E-state index in [0.29, 0.717) is 0 Å². The molecule has 2 nitrogen and oxygen atoms in total. The smallest absolute Gasteiger partial charge is 0.0508 e. The summed E-state index contributed by atoms with van der Waals surface area (Å²) in [5.74, 6) is 5.91. The molecule has 0 bridgehead atoms. The van der Waals surface area contributed by atoms with E-state index in [1.165, 1.54) is 89.2 Å². The van der Waals surface area contributed by atoms with Crippen LogP contribution < -0.4 is 11.3 Å². The maximum atomic E-state index is 5.91. The second-order valence-corrected chi connectivity index (χ2v) is 6.43. The zero-order valence-electron chi connectivity index (χ0n) is 13.3. The van der Waals surface area contributed by atoms with Gasteiger partial charge < -0.3 is 5.43 Å². The molecule has 2 saturated carbocycles. The second-order valence-electron chi connectivity index (χ2n) is 6.43. The first kappa shape index (κ1) is 15.6. The topological polar surface area (TPSA) is 38.0 Å². The molecule has 0 spiro atoms. The van der Waals surface area contributed by atoms with Crippen LogP contribution in [0.2, 0.25) is 0 Å². The van der Waals surface area contributed by atoms with Gasteiger partial charge in [0.25, 0.3) is 0 Å². The van der Waals surface area contributed by atoms with Gasteiger partial charge in [0, 0.05) is 0 Å². The van der Waals surface area contributed by atoms with Gasteiger partial charge in [-0.2, -0.15) is 0 Å². The number of allylic oxidation sites excluding steroid dienone is 3. The Balaban J connectivity index is 2.12. The van der Waals surface area contributed by atoms with Crippen LogP contribution in [0.1, 0.15) is 90.4 Å². The van der Waals surface area contributed by atoms with Crippen LogP contribution in [0.4, 0.5) is 0 Å². The van der Waals surface area contributed by atoms with E-state index < -0.39 is 0 Å². The van der Waals surface area contributed by atoms with Gasteiger partial charge in [-0.05, 0) is 75.4 Å². The van der Waals surface area contributed by atoms with Crippen LogP contribution in [0.25, 0.3) is 0 Å². The van der Waals surface area contributed by atoms with E-state index in [9.17, 15) is 0 Å². The van der Waals surface area contributed by atoms with Crippen molar-refractivity contribution in [3.63, 3.8) is 0 Å². The highest BCUT2D eigenvalue weighted by molar-refractivity contribution is 5.39. The molecule has 2 fully saturated rings. The summed E-state index contributed by atoms with van der Waals surface area (Å²) in [6, 6.07) is 0. The van der Waals surface area contributed by atoms with Gasteiger partial charge in [-0.15, -0.1) is 0 Å². The molecule has 2 rings (SSSR count). The van der Waals surface area contributed by atoms with Crippen molar-refractivity contribution >= 4 is 0 Å². The van der Waals surface area contributed by atoms with E-state index in [-0.39, 0.29) is 0 Å². The fourth-order valence-corrected chi connectivity index (χ4v) is 3.77. The zero-order chi connectivity index (χ0) is 14.2. The van der Waals surface area contributed by atoms with Crippen LogP contribution in [-0.2, 0) is 0 Å². The average molecular weight is 276 g/mol. The lowest BCUT2D eigenvalue weighted by Gasteiger charge is -2.18. The average Bonchev–Trinajstić information content (AvgIpc) is 3.14. The molecule has 0 aromatic rings. The summed E-state index contributed by atoms with van der Waals surface area (Å²) in [6.07, 6.45) is 17.2. The van der Waals surface area contributed by atoms with Gasteiger partial charge in [-0.3, -0.25) is 5.84 Å². The molecule has 20 heavy (non-hydrogen) atoms. The maximum absolute atomic E-state index is 5.91. The number of nitrogens with one attached hydrogen (secondary N) is 1. The number of hydrogen-bond acceptors (Lipinski definition) is 2. The molecule has 2 heteroatoms. The van der Waals surface area contributed by atoms with Crippen molar-refractivity contribution in [1.82, 2.24) is 5.43 Å². The normalized spacial score (nSPS) is 18.7. The van der Waals surface area contributed by atoms with Crippen molar-refractivity contribution in [1.29, 1.82) is 0 Å². The Morgan fingerprint density at radius 2 is 1.50 bits per heavy atom.